The summed E-state index contributed by atoms with van der Waals surface area (Å²) in [5.41, 5.74) is 4.09. The number of rotatable bonds is 9. The molecule has 0 amide bonds. The lowest BCUT2D eigenvalue weighted by Crippen LogP contribution is -2.41. The molecule has 0 spiro atoms. The highest BCUT2D eigenvalue weighted by molar-refractivity contribution is 7.89. The Balaban J connectivity index is 1.33. The number of phenolic OH excluding ortho intramolecular Hbond substituents is 1. The number of hydrogen-bond acceptors (Lipinski definition) is 8. The quantitative estimate of drug-likeness (QED) is 0.263. The average Bonchev–Trinajstić information content (AvgIpc) is 3.44. The normalized spacial score (nSPS) is 14.4. The number of anilines is 2. The van der Waals surface area contributed by atoms with Crippen LogP contribution < -0.4 is 5.32 Å². The van der Waals surface area contributed by atoms with Crippen molar-refractivity contribution in [2.75, 3.05) is 31.5 Å². The van der Waals surface area contributed by atoms with Crippen molar-refractivity contribution in [1.82, 2.24) is 24.4 Å². The zero-order valence-corrected chi connectivity index (χ0v) is 24.4. The summed E-state index contributed by atoms with van der Waals surface area (Å²) in [4.78, 5) is 7.19. The number of sulfonamides is 1. The third-order valence-corrected chi connectivity index (χ3v) is 9.47. The van der Waals surface area contributed by atoms with Crippen molar-refractivity contribution in [3.63, 3.8) is 0 Å². The number of aryl methyl sites for hydroxylation is 1. The maximum Gasteiger partial charge on any atom is 0.247 e. The molecular formula is C29H33ClN6O3S. The maximum absolute atomic E-state index is 13.4. The van der Waals surface area contributed by atoms with Gasteiger partial charge < -0.3 is 15.3 Å². The van der Waals surface area contributed by atoms with E-state index in [9.17, 15) is 13.5 Å². The summed E-state index contributed by atoms with van der Waals surface area (Å²) in [7, 11) is -3.64. The molecule has 2 N–H and O–H groups in total. The molecule has 210 valence electrons. The van der Waals surface area contributed by atoms with Crippen LogP contribution in [0.2, 0.25) is 5.02 Å². The van der Waals surface area contributed by atoms with E-state index >= 15 is 0 Å². The SMILES string of the molecule is Cc1cc(-c2cc(Cl)ccc2O)cc2nnc(Nc3ccc(S(=O)(=O)N(CCN4CCCC4)C(C)C)cc3)nc12. The number of fused-ring (bicyclic) bond motifs is 1. The summed E-state index contributed by atoms with van der Waals surface area (Å²) >= 11 is 6.13. The second kappa shape index (κ2) is 11.7. The first-order valence-electron chi connectivity index (χ1n) is 13.4. The molecule has 11 heteroatoms. The van der Waals surface area contributed by atoms with E-state index in [2.05, 4.69) is 25.4 Å². The molecule has 0 bridgehead atoms. The van der Waals surface area contributed by atoms with Gasteiger partial charge in [-0.1, -0.05) is 11.6 Å². The van der Waals surface area contributed by atoms with Crippen molar-refractivity contribution in [3.8, 4) is 16.9 Å². The van der Waals surface area contributed by atoms with Crippen molar-refractivity contribution in [2.45, 2.75) is 44.6 Å². The van der Waals surface area contributed by atoms with Crippen molar-refractivity contribution < 1.29 is 13.5 Å². The molecule has 1 aliphatic rings. The molecule has 40 heavy (non-hydrogen) atoms. The summed E-state index contributed by atoms with van der Waals surface area (Å²) in [5, 5.41) is 22.5. The Morgan fingerprint density at radius 1 is 1.05 bits per heavy atom. The number of aromatic nitrogens is 3. The van der Waals surface area contributed by atoms with E-state index in [1.54, 1.807) is 52.8 Å². The van der Waals surface area contributed by atoms with Crippen LogP contribution in [0.1, 0.15) is 32.3 Å². The first-order valence-corrected chi connectivity index (χ1v) is 15.2. The van der Waals surface area contributed by atoms with Gasteiger partial charge in [-0.2, -0.15) is 4.31 Å². The fourth-order valence-electron chi connectivity index (χ4n) is 5.04. The smallest absolute Gasteiger partial charge is 0.247 e. The number of nitrogens with one attached hydrogen (secondary N) is 1. The fraction of sp³-hybridized carbons (Fsp3) is 0.345. The lowest BCUT2D eigenvalue weighted by Gasteiger charge is -2.28. The van der Waals surface area contributed by atoms with E-state index < -0.39 is 10.0 Å². The van der Waals surface area contributed by atoms with Crippen LogP contribution in [0, 0.1) is 6.92 Å². The van der Waals surface area contributed by atoms with Crippen molar-refractivity contribution >= 4 is 44.3 Å². The number of benzene rings is 3. The van der Waals surface area contributed by atoms with Gasteiger partial charge in [0, 0.05) is 35.4 Å². The number of phenols is 1. The molecule has 2 heterocycles. The molecule has 1 saturated heterocycles. The highest BCUT2D eigenvalue weighted by Gasteiger charge is 2.27. The molecule has 1 fully saturated rings. The van der Waals surface area contributed by atoms with E-state index in [0.29, 0.717) is 39.8 Å². The minimum Gasteiger partial charge on any atom is -0.507 e. The Hall–Kier alpha value is -3.31. The van der Waals surface area contributed by atoms with Crippen molar-refractivity contribution in [1.29, 1.82) is 0 Å². The summed E-state index contributed by atoms with van der Waals surface area (Å²) in [6, 6.07) is 15.1. The molecule has 9 nitrogen and oxygen atoms in total. The Morgan fingerprint density at radius 2 is 1.77 bits per heavy atom. The second-order valence-corrected chi connectivity index (χ2v) is 12.7. The van der Waals surface area contributed by atoms with E-state index in [1.807, 2.05) is 26.8 Å². The molecule has 0 aliphatic carbocycles. The van der Waals surface area contributed by atoms with Crippen LogP contribution in [0.25, 0.3) is 22.2 Å². The Kier molecular flexibility index (Phi) is 8.23. The lowest BCUT2D eigenvalue weighted by molar-refractivity contribution is 0.273. The Morgan fingerprint density at radius 3 is 2.48 bits per heavy atom. The summed E-state index contributed by atoms with van der Waals surface area (Å²) < 4.78 is 28.4. The lowest BCUT2D eigenvalue weighted by atomic mass is 10.0. The zero-order chi connectivity index (χ0) is 28.4. The number of halogens is 1. The molecule has 4 aromatic rings. The molecule has 0 saturated carbocycles. The van der Waals surface area contributed by atoms with Crippen LogP contribution >= 0.6 is 11.6 Å². The highest BCUT2D eigenvalue weighted by atomic mass is 35.5. The van der Waals surface area contributed by atoms with Crippen molar-refractivity contribution in [2.24, 2.45) is 0 Å². The minimum atomic E-state index is -3.64. The van der Waals surface area contributed by atoms with Crippen LogP contribution in [-0.2, 0) is 10.0 Å². The van der Waals surface area contributed by atoms with Crippen LogP contribution in [-0.4, -0.2) is 70.1 Å². The number of aromatic hydroxyl groups is 1. The molecule has 1 aliphatic heterocycles. The van der Waals surface area contributed by atoms with Gasteiger partial charge in [0.2, 0.25) is 16.0 Å². The molecule has 5 rings (SSSR count). The predicted molar refractivity (Wildman–Crippen MR) is 159 cm³/mol. The largest absolute Gasteiger partial charge is 0.507 e. The van der Waals surface area contributed by atoms with Crippen LogP contribution in [0.3, 0.4) is 0 Å². The molecule has 0 radical (unpaired) electrons. The zero-order valence-electron chi connectivity index (χ0n) is 22.8. The molecule has 0 unspecified atom stereocenters. The van der Waals surface area contributed by atoms with Gasteiger partial charge >= 0.3 is 0 Å². The first kappa shape index (κ1) is 28.2. The van der Waals surface area contributed by atoms with Gasteiger partial charge in [0.15, 0.2) is 0 Å². The summed E-state index contributed by atoms with van der Waals surface area (Å²) in [6.07, 6.45) is 2.35. The second-order valence-electron chi connectivity index (χ2n) is 10.4. The van der Waals surface area contributed by atoms with E-state index in [4.69, 9.17) is 11.6 Å². The van der Waals surface area contributed by atoms with Gasteiger partial charge in [-0.15, -0.1) is 10.2 Å². The molecule has 1 aromatic heterocycles. The maximum atomic E-state index is 13.4. The summed E-state index contributed by atoms with van der Waals surface area (Å²) in [6.45, 7) is 9.00. The Labute approximate surface area is 239 Å². The van der Waals surface area contributed by atoms with E-state index in [0.717, 1.165) is 30.8 Å². The topological polar surface area (TPSA) is 112 Å². The summed E-state index contributed by atoms with van der Waals surface area (Å²) in [5.74, 6) is 0.412. The number of hydrogen-bond donors (Lipinski definition) is 2. The third-order valence-electron chi connectivity index (χ3n) is 7.15. The van der Waals surface area contributed by atoms with Crippen LogP contribution in [0.15, 0.2) is 59.5 Å². The predicted octanol–water partition coefficient (Wildman–Crippen LogP) is 5.60. The highest BCUT2D eigenvalue weighted by Crippen LogP contribution is 2.34. The van der Waals surface area contributed by atoms with Gasteiger partial charge in [0.05, 0.1) is 10.4 Å². The first-order chi connectivity index (χ1) is 19.1. The van der Waals surface area contributed by atoms with Gasteiger partial charge in [0.1, 0.15) is 11.3 Å². The van der Waals surface area contributed by atoms with Gasteiger partial charge in [-0.3, -0.25) is 0 Å². The Bertz CT molecular complexity index is 1620. The van der Waals surface area contributed by atoms with Crippen LogP contribution in [0.5, 0.6) is 5.75 Å². The van der Waals surface area contributed by atoms with Crippen LogP contribution in [0.4, 0.5) is 11.6 Å². The average molecular weight is 581 g/mol. The fourth-order valence-corrected chi connectivity index (χ4v) is 6.84. The monoisotopic (exact) mass is 580 g/mol. The van der Waals surface area contributed by atoms with Gasteiger partial charge in [-0.05, 0) is 112 Å². The molecule has 3 aromatic carbocycles. The van der Waals surface area contributed by atoms with Crippen molar-refractivity contribution in [3.05, 3.63) is 65.2 Å². The van der Waals surface area contributed by atoms with Gasteiger partial charge in [-0.25, -0.2) is 13.4 Å². The van der Waals surface area contributed by atoms with E-state index in [1.165, 1.54) is 12.8 Å². The third kappa shape index (κ3) is 6.05. The molecule has 0 atom stereocenters. The van der Waals surface area contributed by atoms with Gasteiger partial charge in [0.25, 0.3) is 0 Å². The number of likely N-dealkylation sites (tertiary alicyclic amines) is 1. The standard InChI is InChI=1S/C29H33ClN6O3S/c1-19(2)36(15-14-35-12-4-5-13-35)40(38,39)24-9-7-23(8-10-24)31-29-32-28-20(3)16-21(17-26(28)33-34-29)25-18-22(30)6-11-27(25)37/h6-11,16-19,37H,4-5,12-15H2,1-3H3,(H,31,32,34). The molecular weight excluding hydrogens is 548 g/mol. The number of nitrogens with zero attached hydrogens (tertiary/aromatic N) is 5. The van der Waals surface area contributed by atoms with E-state index in [-0.39, 0.29) is 16.7 Å². The minimum absolute atomic E-state index is 0.121.